The van der Waals surface area contributed by atoms with E-state index in [1.165, 1.54) is 0 Å². The zero-order chi connectivity index (χ0) is 25.5. The van der Waals surface area contributed by atoms with Crippen LogP contribution in [0.4, 0.5) is 24.5 Å². The third-order valence-electron chi connectivity index (χ3n) is 4.76. The Morgan fingerprint density at radius 2 is 1.46 bits per heavy atom. The number of hydrogen-bond acceptors (Lipinski definition) is 8. The van der Waals surface area contributed by atoms with E-state index in [0.717, 1.165) is 0 Å². The van der Waals surface area contributed by atoms with Gasteiger partial charge in [-0.15, -0.1) is 0 Å². The lowest BCUT2D eigenvalue weighted by atomic mass is 9.91. The van der Waals surface area contributed by atoms with Crippen LogP contribution < -0.4 is 4.90 Å². The smallest absolute Gasteiger partial charge is 0.396 e. The fraction of sp³-hybridized carbons (Fsp3) is 0.304. The lowest BCUT2D eigenvalue weighted by Gasteiger charge is -2.33. The summed E-state index contributed by atoms with van der Waals surface area (Å²) < 4.78 is 69.2. The quantitative estimate of drug-likeness (QED) is 0.191. The molecule has 0 N–H and O–H groups in total. The van der Waals surface area contributed by atoms with Crippen LogP contribution in [-0.4, -0.2) is 32.2 Å². The molecule has 0 saturated heterocycles. The Hall–Kier alpha value is -2.95. The van der Waals surface area contributed by atoms with Gasteiger partial charge in [0.1, 0.15) is 0 Å². The number of phosphoric ester groups is 1. The van der Waals surface area contributed by atoms with Gasteiger partial charge in [-0.25, -0.2) is 4.57 Å². The summed E-state index contributed by atoms with van der Waals surface area (Å²) in [6, 6.07) is 17.8. The zero-order valence-electron chi connectivity index (χ0n) is 18.6. The molecule has 0 atom stereocenters. The highest BCUT2D eigenvalue weighted by Crippen LogP contribution is 2.57. The molecule has 0 spiro atoms. The van der Waals surface area contributed by atoms with E-state index in [0.29, 0.717) is 39.8 Å². The number of nitriles is 2. The van der Waals surface area contributed by atoms with Crippen LogP contribution >= 0.6 is 19.6 Å². The predicted octanol–water partition coefficient (Wildman–Crippen LogP) is 6.77. The molecule has 2 aromatic rings. The first-order chi connectivity index (χ1) is 16.7. The van der Waals surface area contributed by atoms with Gasteiger partial charge in [-0.3, -0.25) is 9.05 Å². The number of nitrogens with zero attached hydrogens (tertiary/aromatic N) is 3. The SMILES string of the molecule is CN1c2ccccc2C(=C(OP(=O)(OCCC#N)OCCC#N)SCC(F)(F)F)c2ccccc21. The molecule has 0 aliphatic carbocycles. The summed E-state index contributed by atoms with van der Waals surface area (Å²) in [6.45, 7) is -0.661. The third-order valence-corrected chi connectivity index (χ3v) is 7.31. The molecule has 1 aliphatic heterocycles. The standard InChI is InChI=1S/C23H21F3N3O4PS/c1-29-19-10-4-2-8-17(19)21(18-9-3-5-11-20(18)29)22(35-16-23(24,25)26)33-34(30,31-14-6-12-27)32-15-7-13-28/h2-5,8-11H,6-7,14-16H2,1H3. The molecule has 0 unspecified atom stereocenters. The number of phosphoric acid groups is 1. The maximum Gasteiger partial charge on any atom is 0.530 e. The number of alkyl halides is 3. The highest BCUT2D eigenvalue weighted by atomic mass is 32.2. The molecular weight excluding hydrogens is 502 g/mol. The van der Waals surface area contributed by atoms with Crippen molar-refractivity contribution in [3.8, 4) is 12.1 Å². The van der Waals surface area contributed by atoms with Crippen molar-refractivity contribution in [3.63, 3.8) is 0 Å². The van der Waals surface area contributed by atoms with Gasteiger partial charge in [0.05, 0.1) is 43.9 Å². The first kappa shape index (κ1) is 26.7. The van der Waals surface area contributed by atoms with E-state index >= 15 is 0 Å². The average Bonchev–Trinajstić information content (AvgIpc) is 2.82. The van der Waals surface area contributed by atoms with E-state index < -0.39 is 19.8 Å². The molecule has 0 radical (unpaired) electrons. The number of benzene rings is 2. The van der Waals surface area contributed by atoms with Crippen LogP contribution in [0.3, 0.4) is 0 Å². The summed E-state index contributed by atoms with van der Waals surface area (Å²) >= 11 is 0.320. The van der Waals surface area contributed by atoms with Crippen LogP contribution in [-0.2, 0) is 18.1 Å². The number of hydrogen-bond donors (Lipinski definition) is 0. The molecule has 0 bridgehead atoms. The maximum absolute atomic E-state index is 13.4. The molecule has 184 valence electrons. The summed E-state index contributed by atoms with van der Waals surface area (Å²) in [5.41, 5.74) is 2.86. The highest BCUT2D eigenvalue weighted by molar-refractivity contribution is 8.03. The van der Waals surface area contributed by atoms with E-state index in [-0.39, 0.29) is 31.1 Å². The van der Waals surface area contributed by atoms with Crippen LogP contribution in [0.2, 0.25) is 0 Å². The molecule has 7 nitrogen and oxygen atoms in total. The molecule has 2 aromatic carbocycles. The van der Waals surface area contributed by atoms with Gasteiger partial charge in [-0.1, -0.05) is 48.2 Å². The molecule has 0 amide bonds. The zero-order valence-corrected chi connectivity index (χ0v) is 20.3. The lowest BCUT2D eigenvalue weighted by molar-refractivity contribution is -0.105. The van der Waals surface area contributed by atoms with Crippen LogP contribution in [0.1, 0.15) is 24.0 Å². The molecular formula is C23H21F3N3O4PS. The minimum absolute atomic E-state index is 0.146. The summed E-state index contributed by atoms with van der Waals surface area (Å²) in [7, 11) is -2.65. The van der Waals surface area contributed by atoms with Gasteiger partial charge in [-0.05, 0) is 12.1 Å². The molecule has 1 aliphatic rings. The van der Waals surface area contributed by atoms with Crippen LogP contribution in [0.25, 0.3) is 5.57 Å². The predicted molar refractivity (Wildman–Crippen MR) is 127 cm³/mol. The van der Waals surface area contributed by atoms with E-state index in [1.54, 1.807) is 36.4 Å². The van der Waals surface area contributed by atoms with Gasteiger partial charge in [0.25, 0.3) is 0 Å². The Morgan fingerprint density at radius 3 is 1.91 bits per heavy atom. The number of rotatable bonds is 10. The second-order valence-corrected chi connectivity index (χ2v) is 9.72. The molecule has 3 rings (SSSR count). The van der Waals surface area contributed by atoms with E-state index in [1.807, 2.05) is 36.2 Å². The number of fused-ring (bicyclic) bond motifs is 2. The average molecular weight is 523 g/mol. The Labute approximate surface area is 205 Å². The van der Waals surface area contributed by atoms with Crippen molar-refractivity contribution >= 4 is 36.5 Å². The Balaban J connectivity index is 2.17. The number of anilines is 2. The Bertz CT molecular complexity index is 1150. The summed E-state index contributed by atoms with van der Waals surface area (Å²) in [6.07, 6.45) is -4.84. The fourth-order valence-corrected chi connectivity index (χ4v) is 5.59. The molecule has 12 heteroatoms. The summed E-state index contributed by atoms with van der Waals surface area (Å²) in [5, 5.41) is 17.3. The van der Waals surface area contributed by atoms with Gasteiger partial charge < -0.3 is 9.42 Å². The molecule has 1 heterocycles. The second kappa shape index (κ2) is 11.7. The van der Waals surface area contributed by atoms with Gasteiger partial charge in [0, 0.05) is 35.1 Å². The minimum Gasteiger partial charge on any atom is -0.396 e. The first-order valence-corrected chi connectivity index (χ1v) is 12.8. The molecule has 0 saturated carbocycles. The lowest BCUT2D eigenvalue weighted by Crippen LogP contribution is -2.19. The van der Waals surface area contributed by atoms with Crippen LogP contribution in [0.5, 0.6) is 0 Å². The van der Waals surface area contributed by atoms with Crippen molar-refractivity contribution in [2.45, 2.75) is 19.0 Å². The number of thioether (sulfide) groups is 1. The highest BCUT2D eigenvalue weighted by Gasteiger charge is 2.37. The van der Waals surface area contributed by atoms with E-state index in [2.05, 4.69) is 0 Å². The Kier molecular flexibility index (Phi) is 8.87. The fourth-order valence-electron chi connectivity index (χ4n) is 3.34. The van der Waals surface area contributed by atoms with Gasteiger partial charge in [0.15, 0.2) is 5.09 Å². The number of para-hydroxylation sites is 2. The topological polar surface area (TPSA) is 95.6 Å². The van der Waals surface area contributed by atoms with Crippen molar-refractivity contribution in [2.24, 2.45) is 0 Å². The van der Waals surface area contributed by atoms with Crippen LogP contribution in [0.15, 0.2) is 53.6 Å². The normalized spacial score (nSPS) is 12.9. The monoisotopic (exact) mass is 523 g/mol. The van der Waals surface area contributed by atoms with E-state index in [9.17, 15) is 17.7 Å². The van der Waals surface area contributed by atoms with Crippen molar-refractivity contribution in [2.75, 3.05) is 30.9 Å². The van der Waals surface area contributed by atoms with Gasteiger partial charge in [-0.2, -0.15) is 23.7 Å². The molecule has 0 fully saturated rings. The van der Waals surface area contributed by atoms with Crippen molar-refractivity contribution in [1.29, 1.82) is 10.5 Å². The number of halogens is 3. The summed E-state index contributed by atoms with van der Waals surface area (Å²) in [5.74, 6) is -1.32. The maximum atomic E-state index is 13.4. The first-order valence-electron chi connectivity index (χ1n) is 10.4. The van der Waals surface area contributed by atoms with Crippen molar-refractivity contribution in [3.05, 3.63) is 64.7 Å². The van der Waals surface area contributed by atoms with Gasteiger partial charge >= 0.3 is 14.0 Å². The van der Waals surface area contributed by atoms with Crippen molar-refractivity contribution < 1.29 is 31.3 Å². The minimum atomic E-state index is -4.54. The Morgan fingerprint density at radius 1 is 0.971 bits per heavy atom. The van der Waals surface area contributed by atoms with Crippen molar-refractivity contribution in [1.82, 2.24) is 0 Å². The largest absolute Gasteiger partial charge is 0.530 e. The third kappa shape index (κ3) is 6.81. The molecule has 0 aromatic heterocycles. The second-order valence-electron chi connectivity index (χ2n) is 7.18. The van der Waals surface area contributed by atoms with Gasteiger partial charge in [0.2, 0.25) is 0 Å². The van der Waals surface area contributed by atoms with Crippen LogP contribution in [0, 0.1) is 22.7 Å². The molecule has 35 heavy (non-hydrogen) atoms. The van der Waals surface area contributed by atoms with E-state index in [4.69, 9.17) is 24.1 Å². The summed E-state index contributed by atoms with van der Waals surface area (Å²) in [4.78, 5) is 1.90.